The molecule has 0 amide bonds. The summed E-state index contributed by atoms with van der Waals surface area (Å²) in [6.07, 6.45) is 0. The number of benzene rings is 3. The predicted molar refractivity (Wildman–Crippen MR) is 92.4 cm³/mol. The van der Waals surface area contributed by atoms with Crippen LogP contribution in [0, 0.1) is 0 Å². The van der Waals surface area contributed by atoms with Gasteiger partial charge in [0.05, 0.1) is 0 Å². The molecule has 0 aromatic heterocycles. The van der Waals surface area contributed by atoms with E-state index in [0.717, 1.165) is 16.7 Å². The Balaban J connectivity index is 2.30. The standard InChI is InChI=1S/C21H18O3/c22-16-20(23)24-21(17-10-4-1-5-11-17,18-12-6-2-7-13-18)19-14-8-3-9-15-19/h1-15,22H,16H2. The molecule has 0 aliphatic heterocycles. The van der Waals surface area contributed by atoms with Crippen molar-refractivity contribution >= 4 is 5.97 Å². The van der Waals surface area contributed by atoms with Gasteiger partial charge < -0.3 is 9.84 Å². The van der Waals surface area contributed by atoms with Crippen LogP contribution in [0.5, 0.6) is 0 Å². The molecular formula is C21H18O3. The molecule has 0 saturated heterocycles. The molecule has 120 valence electrons. The van der Waals surface area contributed by atoms with E-state index in [-0.39, 0.29) is 0 Å². The summed E-state index contributed by atoms with van der Waals surface area (Å²) in [5.41, 5.74) is 1.36. The van der Waals surface area contributed by atoms with Crippen molar-refractivity contribution in [3.8, 4) is 0 Å². The molecule has 0 heterocycles. The van der Waals surface area contributed by atoms with E-state index in [0.29, 0.717) is 0 Å². The van der Waals surface area contributed by atoms with Crippen LogP contribution in [0.2, 0.25) is 0 Å². The van der Waals surface area contributed by atoms with Gasteiger partial charge in [0.1, 0.15) is 6.61 Å². The van der Waals surface area contributed by atoms with Crippen LogP contribution in [0.3, 0.4) is 0 Å². The van der Waals surface area contributed by atoms with Crippen LogP contribution in [-0.4, -0.2) is 17.7 Å². The van der Waals surface area contributed by atoms with Crippen molar-refractivity contribution in [2.45, 2.75) is 5.60 Å². The molecule has 0 spiro atoms. The Morgan fingerprint density at radius 2 is 1.04 bits per heavy atom. The summed E-state index contributed by atoms with van der Waals surface area (Å²) in [7, 11) is 0. The van der Waals surface area contributed by atoms with Crippen molar-refractivity contribution in [1.82, 2.24) is 0 Å². The minimum Gasteiger partial charge on any atom is -0.443 e. The van der Waals surface area contributed by atoms with Gasteiger partial charge >= 0.3 is 5.97 Å². The highest BCUT2D eigenvalue weighted by molar-refractivity contribution is 5.72. The zero-order valence-electron chi connectivity index (χ0n) is 13.1. The van der Waals surface area contributed by atoms with Gasteiger partial charge in [-0.05, 0) is 0 Å². The molecule has 0 atom stereocenters. The van der Waals surface area contributed by atoms with E-state index < -0.39 is 18.2 Å². The Hall–Kier alpha value is -2.91. The molecule has 0 bridgehead atoms. The van der Waals surface area contributed by atoms with E-state index in [1.165, 1.54) is 0 Å². The summed E-state index contributed by atoms with van der Waals surface area (Å²) in [5.74, 6) is -0.674. The normalized spacial score (nSPS) is 11.0. The van der Waals surface area contributed by atoms with Crippen molar-refractivity contribution in [2.24, 2.45) is 0 Å². The molecule has 24 heavy (non-hydrogen) atoms. The number of carbonyl (C=O) groups is 1. The lowest BCUT2D eigenvalue weighted by Gasteiger charge is -2.35. The third kappa shape index (κ3) is 2.94. The molecule has 0 radical (unpaired) electrons. The fourth-order valence-corrected chi connectivity index (χ4v) is 2.90. The molecule has 3 rings (SSSR count). The van der Waals surface area contributed by atoms with Crippen LogP contribution in [0.25, 0.3) is 0 Å². The maximum atomic E-state index is 12.1. The van der Waals surface area contributed by atoms with Crippen LogP contribution in [0.4, 0.5) is 0 Å². The van der Waals surface area contributed by atoms with E-state index in [1.54, 1.807) is 0 Å². The second kappa shape index (κ2) is 7.11. The highest BCUT2D eigenvalue weighted by Crippen LogP contribution is 2.40. The Labute approximate surface area is 141 Å². The minimum atomic E-state index is -1.11. The largest absolute Gasteiger partial charge is 0.443 e. The quantitative estimate of drug-likeness (QED) is 0.578. The SMILES string of the molecule is O=C(CO)OC(c1ccccc1)(c1ccccc1)c1ccccc1. The van der Waals surface area contributed by atoms with Gasteiger partial charge in [-0.3, -0.25) is 0 Å². The van der Waals surface area contributed by atoms with Gasteiger partial charge in [0.25, 0.3) is 0 Å². The Kier molecular flexibility index (Phi) is 4.73. The van der Waals surface area contributed by atoms with Crippen LogP contribution in [0.15, 0.2) is 91.0 Å². The molecular weight excluding hydrogens is 300 g/mol. The van der Waals surface area contributed by atoms with Gasteiger partial charge in [0.15, 0.2) is 5.60 Å². The number of rotatable bonds is 5. The Morgan fingerprint density at radius 1 is 0.708 bits per heavy atom. The zero-order chi connectivity index (χ0) is 16.8. The number of hydrogen-bond acceptors (Lipinski definition) is 3. The average Bonchev–Trinajstić information content (AvgIpc) is 2.68. The van der Waals surface area contributed by atoms with E-state index in [9.17, 15) is 9.90 Å². The van der Waals surface area contributed by atoms with Gasteiger partial charge in [0, 0.05) is 16.7 Å². The maximum Gasteiger partial charge on any atom is 0.333 e. The number of hydrogen-bond donors (Lipinski definition) is 1. The van der Waals surface area contributed by atoms with E-state index in [2.05, 4.69) is 0 Å². The van der Waals surface area contributed by atoms with Gasteiger partial charge in [-0.1, -0.05) is 91.0 Å². The summed E-state index contributed by atoms with van der Waals surface area (Å²) in [6.45, 7) is -0.672. The zero-order valence-corrected chi connectivity index (χ0v) is 13.1. The summed E-state index contributed by atoms with van der Waals surface area (Å²) in [6, 6.07) is 28.7. The first-order valence-electron chi connectivity index (χ1n) is 7.76. The number of esters is 1. The summed E-state index contributed by atoms with van der Waals surface area (Å²) in [4.78, 5) is 12.1. The number of carbonyl (C=O) groups excluding carboxylic acids is 1. The lowest BCUT2D eigenvalue weighted by molar-refractivity contribution is -0.156. The molecule has 1 N–H and O–H groups in total. The van der Waals surface area contributed by atoms with Crippen molar-refractivity contribution in [1.29, 1.82) is 0 Å². The molecule has 3 heteroatoms. The predicted octanol–water partition coefficient (Wildman–Crippen LogP) is 3.51. The lowest BCUT2D eigenvalue weighted by atomic mass is 9.80. The number of ether oxygens (including phenoxy) is 1. The van der Waals surface area contributed by atoms with Gasteiger partial charge in [-0.15, -0.1) is 0 Å². The van der Waals surface area contributed by atoms with Gasteiger partial charge in [0.2, 0.25) is 0 Å². The second-order valence-corrected chi connectivity index (χ2v) is 5.41. The number of aliphatic hydroxyl groups is 1. The van der Waals surface area contributed by atoms with E-state index in [1.807, 2.05) is 91.0 Å². The fraction of sp³-hybridized carbons (Fsp3) is 0.0952. The van der Waals surface area contributed by atoms with Crippen LogP contribution in [-0.2, 0) is 15.1 Å². The molecule has 0 aliphatic carbocycles. The van der Waals surface area contributed by atoms with Crippen molar-refractivity contribution in [3.63, 3.8) is 0 Å². The van der Waals surface area contributed by atoms with Crippen molar-refractivity contribution in [2.75, 3.05) is 6.61 Å². The summed E-state index contributed by atoms with van der Waals surface area (Å²) in [5, 5.41) is 9.26. The topological polar surface area (TPSA) is 46.5 Å². The minimum absolute atomic E-state index is 0.672. The van der Waals surface area contributed by atoms with Crippen LogP contribution < -0.4 is 0 Å². The lowest BCUT2D eigenvalue weighted by Crippen LogP contribution is -2.36. The molecule has 0 aliphatic rings. The highest BCUT2D eigenvalue weighted by Gasteiger charge is 2.40. The Bertz CT molecular complexity index is 686. The Morgan fingerprint density at radius 3 is 1.33 bits per heavy atom. The first-order chi connectivity index (χ1) is 11.8. The van der Waals surface area contributed by atoms with Gasteiger partial charge in [-0.25, -0.2) is 4.79 Å². The third-order valence-corrected chi connectivity index (χ3v) is 3.94. The monoisotopic (exact) mass is 318 g/mol. The fourth-order valence-electron chi connectivity index (χ4n) is 2.90. The third-order valence-electron chi connectivity index (χ3n) is 3.94. The number of aliphatic hydroxyl groups excluding tert-OH is 1. The highest BCUT2D eigenvalue weighted by atomic mass is 16.6. The molecule has 3 aromatic carbocycles. The van der Waals surface area contributed by atoms with Crippen molar-refractivity contribution < 1.29 is 14.6 Å². The van der Waals surface area contributed by atoms with Crippen molar-refractivity contribution in [3.05, 3.63) is 108 Å². The first-order valence-corrected chi connectivity index (χ1v) is 7.76. The first kappa shape index (κ1) is 16.0. The smallest absolute Gasteiger partial charge is 0.333 e. The molecule has 3 aromatic rings. The molecule has 0 fully saturated rings. The second-order valence-electron chi connectivity index (χ2n) is 5.41. The van der Waals surface area contributed by atoms with E-state index >= 15 is 0 Å². The summed E-state index contributed by atoms with van der Waals surface area (Å²) >= 11 is 0. The molecule has 0 unspecified atom stereocenters. The molecule has 0 saturated carbocycles. The average molecular weight is 318 g/mol. The van der Waals surface area contributed by atoms with Crippen LogP contribution in [0.1, 0.15) is 16.7 Å². The van der Waals surface area contributed by atoms with Gasteiger partial charge in [-0.2, -0.15) is 0 Å². The summed E-state index contributed by atoms with van der Waals surface area (Å²) < 4.78 is 5.86. The maximum absolute atomic E-state index is 12.1. The van der Waals surface area contributed by atoms with Crippen LogP contribution >= 0.6 is 0 Å². The van der Waals surface area contributed by atoms with E-state index in [4.69, 9.17) is 4.74 Å². The molecule has 3 nitrogen and oxygen atoms in total.